The Hall–Kier alpha value is -1.62. The molecular formula is C13H18FNO3. The standard InChI is InChI=1S/C13H18FNO3/c1-2-18-12-9-10(14)6-7-11(12)15-13(17)5-3-4-8-16/h6-7,9,16H,2-5,8H2,1H3,(H,15,17). The highest BCUT2D eigenvalue weighted by Gasteiger charge is 2.08. The van der Waals surface area contributed by atoms with E-state index in [4.69, 9.17) is 9.84 Å². The van der Waals surface area contributed by atoms with Crippen LogP contribution in [0.25, 0.3) is 0 Å². The number of aliphatic hydroxyl groups is 1. The Morgan fingerprint density at radius 2 is 2.22 bits per heavy atom. The van der Waals surface area contributed by atoms with Gasteiger partial charge < -0.3 is 15.2 Å². The second-order valence-electron chi connectivity index (χ2n) is 3.80. The van der Waals surface area contributed by atoms with Gasteiger partial charge >= 0.3 is 0 Å². The third kappa shape index (κ3) is 4.71. The molecule has 0 aromatic heterocycles. The molecular weight excluding hydrogens is 237 g/mol. The molecule has 0 saturated heterocycles. The van der Waals surface area contributed by atoms with Gasteiger partial charge in [-0.3, -0.25) is 4.79 Å². The second-order valence-corrected chi connectivity index (χ2v) is 3.80. The fourth-order valence-corrected chi connectivity index (χ4v) is 1.48. The fourth-order valence-electron chi connectivity index (χ4n) is 1.48. The first kappa shape index (κ1) is 14.4. The van der Waals surface area contributed by atoms with Crippen LogP contribution in [0.15, 0.2) is 18.2 Å². The van der Waals surface area contributed by atoms with Crippen molar-refractivity contribution in [2.24, 2.45) is 0 Å². The van der Waals surface area contributed by atoms with Crippen molar-refractivity contribution in [2.75, 3.05) is 18.5 Å². The number of amides is 1. The van der Waals surface area contributed by atoms with Crippen LogP contribution in [0.4, 0.5) is 10.1 Å². The summed E-state index contributed by atoms with van der Waals surface area (Å²) in [7, 11) is 0. The predicted molar refractivity (Wildman–Crippen MR) is 67.1 cm³/mol. The molecule has 18 heavy (non-hydrogen) atoms. The smallest absolute Gasteiger partial charge is 0.224 e. The highest BCUT2D eigenvalue weighted by molar-refractivity contribution is 5.92. The molecule has 2 N–H and O–H groups in total. The number of anilines is 1. The summed E-state index contributed by atoms with van der Waals surface area (Å²) in [6, 6.07) is 3.99. The number of nitrogens with one attached hydrogen (secondary N) is 1. The molecule has 0 radical (unpaired) electrons. The average molecular weight is 255 g/mol. The number of hydrogen-bond acceptors (Lipinski definition) is 3. The summed E-state index contributed by atoms with van der Waals surface area (Å²) >= 11 is 0. The van der Waals surface area contributed by atoms with Crippen molar-refractivity contribution in [1.82, 2.24) is 0 Å². The second kappa shape index (κ2) is 7.66. The highest BCUT2D eigenvalue weighted by Crippen LogP contribution is 2.25. The largest absolute Gasteiger partial charge is 0.492 e. The number of hydrogen-bond donors (Lipinski definition) is 2. The van der Waals surface area contributed by atoms with Gasteiger partial charge in [0, 0.05) is 19.1 Å². The zero-order chi connectivity index (χ0) is 13.4. The summed E-state index contributed by atoms with van der Waals surface area (Å²) < 4.78 is 18.3. The molecule has 1 aromatic carbocycles. The lowest BCUT2D eigenvalue weighted by Crippen LogP contribution is -2.12. The van der Waals surface area contributed by atoms with Crippen LogP contribution in [0.1, 0.15) is 26.2 Å². The maximum Gasteiger partial charge on any atom is 0.224 e. The first-order valence-electron chi connectivity index (χ1n) is 6.00. The van der Waals surface area contributed by atoms with Crippen molar-refractivity contribution in [2.45, 2.75) is 26.2 Å². The van der Waals surface area contributed by atoms with Gasteiger partial charge in [0.1, 0.15) is 11.6 Å². The van der Waals surface area contributed by atoms with Crippen LogP contribution in [0.5, 0.6) is 5.75 Å². The molecule has 1 aromatic rings. The van der Waals surface area contributed by atoms with Crippen molar-refractivity contribution in [1.29, 1.82) is 0 Å². The van der Waals surface area contributed by atoms with Gasteiger partial charge in [-0.2, -0.15) is 0 Å². The third-order valence-corrected chi connectivity index (χ3v) is 2.33. The summed E-state index contributed by atoms with van der Waals surface area (Å²) in [5.41, 5.74) is 0.465. The maximum atomic E-state index is 13.0. The van der Waals surface area contributed by atoms with E-state index in [1.165, 1.54) is 18.2 Å². The van der Waals surface area contributed by atoms with Gasteiger partial charge in [-0.15, -0.1) is 0 Å². The summed E-state index contributed by atoms with van der Waals surface area (Å²) in [6.45, 7) is 2.27. The average Bonchev–Trinajstić information content (AvgIpc) is 2.33. The minimum atomic E-state index is -0.406. The van der Waals surface area contributed by atoms with Crippen LogP contribution in [0.3, 0.4) is 0 Å². The molecule has 0 aliphatic carbocycles. The SMILES string of the molecule is CCOc1cc(F)ccc1NC(=O)CCCCO. The molecule has 0 heterocycles. The fraction of sp³-hybridized carbons (Fsp3) is 0.462. The molecule has 0 aliphatic rings. The third-order valence-electron chi connectivity index (χ3n) is 2.33. The lowest BCUT2D eigenvalue weighted by atomic mass is 10.2. The molecule has 5 heteroatoms. The molecule has 1 rings (SSSR count). The highest BCUT2D eigenvalue weighted by atomic mass is 19.1. The van der Waals surface area contributed by atoms with E-state index >= 15 is 0 Å². The summed E-state index contributed by atoms with van der Waals surface area (Å²) in [4.78, 5) is 11.6. The zero-order valence-corrected chi connectivity index (χ0v) is 10.4. The molecule has 0 saturated carbocycles. The van der Waals surface area contributed by atoms with Crippen molar-refractivity contribution < 1.29 is 19.0 Å². The van der Waals surface area contributed by atoms with E-state index in [1.54, 1.807) is 6.92 Å². The number of carbonyl (C=O) groups excluding carboxylic acids is 1. The minimum Gasteiger partial charge on any atom is -0.492 e. The van der Waals surface area contributed by atoms with Gasteiger partial charge in [0.15, 0.2) is 0 Å². The number of carbonyl (C=O) groups is 1. The van der Waals surface area contributed by atoms with Crippen LogP contribution in [0, 0.1) is 5.82 Å². The number of halogens is 1. The van der Waals surface area contributed by atoms with Crippen LogP contribution in [0.2, 0.25) is 0 Å². The molecule has 0 unspecified atom stereocenters. The van der Waals surface area contributed by atoms with E-state index in [9.17, 15) is 9.18 Å². The van der Waals surface area contributed by atoms with Crippen molar-refractivity contribution in [3.05, 3.63) is 24.0 Å². The van der Waals surface area contributed by atoms with Gasteiger partial charge in [-0.1, -0.05) is 0 Å². The number of unbranched alkanes of at least 4 members (excludes halogenated alkanes) is 1. The monoisotopic (exact) mass is 255 g/mol. The molecule has 1 amide bonds. The van der Waals surface area contributed by atoms with Crippen molar-refractivity contribution in [3.8, 4) is 5.75 Å². The predicted octanol–water partition coefficient (Wildman–Crippen LogP) is 2.33. The number of benzene rings is 1. The molecule has 0 bridgehead atoms. The topological polar surface area (TPSA) is 58.6 Å². The van der Waals surface area contributed by atoms with Gasteiger partial charge in [0.25, 0.3) is 0 Å². The maximum absolute atomic E-state index is 13.0. The Morgan fingerprint density at radius 1 is 1.44 bits per heavy atom. The van der Waals surface area contributed by atoms with Crippen molar-refractivity contribution in [3.63, 3.8) is 0 Å². The Bertz CT molecular complexity index is 396. The lowest BCUT2D eigenvalue weighted by molar-refractivity contribution is -0.116. The van der Waals surface area contributed by atoms with Crippen LogP contribution >= 0.6 is 0 Å². The number of aliphatic hydroxyl groups excluding tert-OH is 1. The molecule has 0 aliphatic heterocycles. The Balaban J connectivity index is 2.62. The van der Waals surface area contributed by atoms with Gasteiger partial charge in [0.05, 0.1) is 12.3 Å². The summed E-state index contributed by atoms with van der Waals surface area (Å²) in [5, 5.41) is 11.3. The zero-order valence-electron chi connectivity index (χ0n) is 10.4. The Morgan fingerprint density at radius 3 is 2.89 bits per heavy atom. The Labute approximate surface area is 106 Å². The quantitative estimate of drug-likeness (QED) is 0.735. The van der Waals surface area contributed by atoms with Crippen LogP contribution in [-0.2, 0) is 4.79 Å². The van der Waals surface area contributed by atoms with Gasteiger partial charge in [-0.05, 0) is 31.9 Å². The summed E-state index contributed by atoms with van der Waals surface area (Å²) in [5.74, 6) is -0.249. The Kier molecular flexibility index (Phi) is 6.14. The first-order chi connectivity index (χ1) is 8.67. The van der Waals surface area contributed by atoms with E-state index in [2.05, 4.69) is 5.32 Å². The summed E-state index contributed by atoms with van der Waals surface area (Å²) in [6.07, 6.45) is 1.53. The molecule has 0 spiro atoms. The minimum absolute atomic E-state index is 0.0774. The molecule has 100 valence electrons. The normalized spacial score (nSPS) is 10.2. The first-order valence-corrected chi connectivity index (χ1v) is 6.00. The lowest BCUT2D eigenvalue weighted by Gasteiger charge is -2.11. The molecule has 0 atom stereocenters. The molecule has 0 fully saturated rings. The number of rotatable bonds is 7. The van der Waals surface area contributed by atoms with E-state index in [-0.39, 0.29) is 12.5 Å². The van der Waals surface area contributed by atoms with Crippen LogP contribution < -0.4 is 10.1 Å². The van der Waals surface area contributed by atoms with Crippen molar-refractivity contribution >= 4 is 11.6 Å². The van der Waals surface area contributed by atoms with E-state index in [0.29, 0.717) is 37.3 Å². The van der Waals surface area contributed by atoms with Gasteiger partial charge in [-0.25, -0.2) is 4.39 Å². The van der Waals surface area contributed by atoms with Crippen LogP contribution in [-0.4, -0.2) is 24.2 Å². The van der Waals surface area contributed by atoms with E-state index in [1.807, 2.05) is 0 Å². The number of ether oxygens (including phenoxy) is 1. The van der Waals surface area contributed by atoms with E-state index in [0.717, 1.165) is 0 Å². The van der Waals surface area contributed by atoms with Gasteiger partial charge in [0.2, 0.25) is 5.91 Å². The van der Waals surface area contributed by atoms with E-state index < -0.39 is 5.82 Å². The molecule has 4 nitrogen and oxygen atoms in total.